The number of nitrogens with two attached hydrogens (primary N) is 1. The monoisotopic (exact) mass is 300 g/mol. The number of hydrogen-bond acceptors (Lipinski definition) is 2. The zero-order valence-corrected chi connectivity index (χ0v) is 13.4. The highest BCUT2D eigenvalue weighted by atomic mass is 16.2. The molecule has 0 bridgehead atoms. The van der Waals surface area contributed by atoms with Crippen LogP contribution in [-0.4, -0.2) is 18.0 Å². The van der Waals surface area contributed by atoms with Gasteiger partial charge in [0.2, 0.25) is 5.91 Å². The van der Waals surface area contributed by atoms with Crippen molar-refractivity contribution in [3.63, 3.8) is 0 Å². The lowest BCUT2D eigenvalue weighted by atomic mass is 9.78. The second-order valence-corrected chi connectivity index (χ2v) is 7.14. The van der Waals surface area contributed by atoms with Crippen LogP contribution in [0.5, 0.6) is 0 Å². The van der Waals surface area contributed by atoms with Gasteiger partial charge in [0.1, 0.15) is 0 Å². The van der Waals surface area contributed by atoms with Crippen molar-refractivity contribution in [1.82, 2.24) is 5.32 Å². The molecule has 3 N–H and O–H groups in total. The molecule has 0 atom stereocenters. The van der Waals surface area contributed by atoms with Gasteiger partial charge in [0, 0.05) is 12.5 Å². The number of hydrogen-bond donors (Lipinski definition) is 2. The van der Waals surface area contributed by atoms with Crippen molar-refractivity contribution in [2.45, 2.75) is 62.8 Å². The summed E-state index contributed by atoms with van der Waals surface area (Å²) >= 11 is 0. The first-order valence-corrected chi connectivity index (χ1v) is 8.79. The Morgan fingerprint density at radius 1 is 1.09 bits per heavy atom. The van der Waals surface area contributed by atoms with E-state index in [4.69, 9.17) is 5.73 Å². The molecule has 2 aliphatic rings. The SMILES string of the molecule is NCC1(NC(=O)C2CCC(c3ccccc3)CC2)CCCC1. The van der Waals surface area contributed by atoms with E-state index in [1.165, 1.54) is 18.4 Å². The first-order chi connectivity index (χ1) is 10.7. The fourth-order valence-corrected chi connectivity index (χ4v) is 4.21. The van der Waals surface area contributed by atoms with Crippen LogP contribution in [0.3, 0.4) is 0 Å². The summed E-state index contributed by atoms with van der Waals surface area (Å²) in [6.07, 6.45) is 8.74. The molecule has 1 amide bonds. The number of amides is 1. The largest absolute Gasteiger partial charge is 0.349 e. The van der Waals surface area contributed by atoms with Crippen LogP contribution >= 0.6 is 0 Å². The molecule has 0 unspecified atom stereocenters. The van der Waals surface area contributed by atoms with Gasteiger partial charge in [-0.25, -0.2) is 0 Å². The number of carbonyl (C=O) groups excluding carboxylic acids is 1. The molecule has 3 nitrogen and oxygen atoms in total. The molecule has 0 saturated heterocycles. The Hall–Kier alpha value is -1.35. The first-order valence-electron chi connectivity index (χ1n) is 8.79. The minimum Gasteiger partial charge on any atom is -0.349 e. The topological polar surface area (TPSA) is 55.1 Å². The van der Waals surface area contributed by atoms with Crippen molar-refractivity contribution in [3.05, 3.63) is 35.9 Å². The molecule has 0 radical (unpaired) electrons. The molecule has 1 aromatic carbocycles. The molecular weight excluding hydrogens is 272 g/mol. The van der Waals surface area contributed by atoms with E-state index in [9.17, 15) is 4.79 Å². The molecular formula is C19H28N2O. The van der Waals surface area contributed by atoms with Gasteiger partial charge in [0.05, 0.1) is 5.54 Å². The number of carbonyl (C=O) groups is 1. The Bertz CT molecular complexity index is 485. The minimum atomic E-state index is -0.104. The molecule has 120 valence electrons. The summed E-state index contributed by atoms with van der Waals surface area (Å²) in [6.45, 7) is 0.581. The molecule has 0 spiro atoms. The third kappa shape index (κ3) is 3.35. The van der Waals surface area contributed by atoms with Crippen LogP contribution in [0.4, 0.5) is 0 Å². The van der Waals surface area contributed by atoms with Crippen LogP contribution in [-0.2, 0) is 4.79 Å². The Morgan fingerprint density at radius 2 is 1.73 bits per heavy atom. The minimum absolute atomic E-state index is 0.104. The Kier molecular flexibility index (Phi) is 4.82. The predicted molar refractivity (Wildman–Crippen MR) is 89.5 cm³/mol. The van der Waals surface area contributed by atoms with Gasteiger partial charge in [0.25, 0.3) is 0 Å². The summed E-state index contributed by atoms with van der Waals surface area (Å²) in [4.78, 5) is 12.6. The standard InChI is InChI=1S/C19H28N2O/c20-14-19(12-4-5-13-19)21-18(22)17-10-8-16(9-11-17)15-6-2-1-3-7-15/h1-3,6-7,16-17H,4-5,8-14,20H2,(H,21,22). The zero-order chi connectivity index (χ0) is 15.4. The summed E-state index contributed by atoms with van der Waals surface area (Å²) in [5.74, 6) is 1.06. The van der Waals surface area contributed by atoms with Crippen molar-refractivity contribution in [2.24, 2.45) is 11.7 Å². The highest BCUT2D eigenvalue weighted by Gasteiger charge is 2.36. The zero-order valence-electron chi connectivity index (χ0n) is 13.4. The molecule has 1 aromatic rings. The summed E-state index contributed by atoms with van der Waals surface area (Å²) in [5, 5.41) is 3.30. The normalized spacial score (nSPS) is 27.5. The van der Waals surface area contributed by atoms with Crippen molar-refractivity contribution < 1.29 is 4.79 Å². The van der Waals surface area contributed by atoms with E-state index >= 15 is 0 Å². The van der Waals surface area contributed by atoms with Crippen LogP contribution in [0.15, 0.2) is 30.3 Å². The fraction of sp³-hybridized carbons (Fsp3) is 0.632. The van der Waals surface area contributed by atoms with Crippen LogP contribution < -0.4 is 11.1 Å². The fourth-order valence-electron chi connectivity index (χ4n) is 4.21. The Labute approximate surface area is 133 Å². The molecule has 0 aliphatic heterocycles. The van der Waals surface area contributed by atoms with Gasteiger partial charge in [-0.1, -0.05) is 43.2 Å². The molecule has 3 heteroatoms. The molecule has 22 heavy (non-hydrogen) atoms. The second kappa shape index (κ2) is 6.82. The van der Waals surface area contributed by atoms with Crippen molar-refractivity contribution in [2.75, 3.05) is 6.54 Å². The van der Waals surface area contributed by atoms with Gasteiger partial charge >= 0.3 is 0 Å². The number of nitrogens with one attached hydrogen (secondary N) is 1. The van der Waals surface area contributed by atoms with Crippen LogP contribution in [0.25, 0.3) is 0 Å². The predicted octanol–water partition coefficient (Wildman–Crippen LogP) is 3.35. The molecule has 0 aromatic heterocycles. The molecule has 0 heterocycles. The van der Waals surface area contributed by atoms with E-state index in [0.717, 1.165) is 38.5 Å². The van der Waals surface area contributed by atoms with Crippen molar-refractivity contribution >= 4 is 5.91 Å². The summed E-state index contributed by atoms with van der Waals surface area (Å²) in [5.41, 5.74) is 7.25. The van der Waals surface area contributed by atoms with Gasteiger partial charge in [-0.15, -0.1) is 0 Å². The van der Waals surface area contributed by atoms with E-state index in [2.05, 4.69) is 35.6 Å². The number of rotatable bonds is 4. The molecule has 2 fully saturated rings. The maximum Gasteiger partial charge on any atom is 0.223 e. The highest BCUT2D eigenvalue weighted by molar-refractivity contribution is 5.79. The van der Waals surface area contributed by atoms with Crippen molar-refractivity contribution in [1.29, 1.82) is 0 Å². The van der Waals surface area contributed by atoms with E-state index in [-0.39, 0.29) is 17.4 Å². The smallest absolute Gasteiger partial charge is 0.223 e. The summed E-state index contributed by atoms with van der Waals surface area (Å²) in [7, 11) is 0. The maximum absolute atomic E-state index is 12.6. The molecule has 2 saturated carbocycles. The maximum atomic E-state index is 12.6. The van der Waals surface area contributed by atoms with Crippen LogP contribution in [0, 0.1) is 5.92 Å². The van der Waals surface area contributed by atoms with E-state index in [1.54, 1.807) is 0 Å². The van der Waals surface area contributed by atoms with Crippen molar-refractivity contribution in [3.8, 4) is 0 Å². The van der Waals surface area contributed by atoms with Gasteiger partial charge in [-0.2, -0.15) is 0 Å². The average molecular weight is 300 g/mol. The van der Waals surface area contributed by atoms with Crippen LogP contribution in [0.2, 0.25) is 0 Å². The lowest BCUT2D eigenvalue weighted by Gasteiger charge is -2.33. The van der Waals surface area contributed by atoms with E-state index in [0.29, 0.717) is 12.5 Å². The lowest BCUT2D eigenvalue weighted by molar-refractivity contribution is -0.127. The Morgan fingerprint density at radius 3 is 2.32 bits per heavy atom. The lowest BCUT2D eigenvalue weighted by Crippen LogP contribution is -2.53. The van der Waals surface area contributed by atoms with Gasteiger partial charge in [-0.05, 0) is 50.0 Å². The highest BCUT2D eigenvalue weighted by Crippen LogP contribution is 2.36. The first kappa shape index (κ1) is 15.5. The van der Waals surface area contributed by atoms with Crippen LogP contribution in [0.1, 0.15) is 62.8 Å². The van der Waals surface area contributed by atoms with Gasteiger partial charge < -0.3 is 11.1 Å². The third-order valence-corrected chi connectivity index (χ3v) is 5.71. The summed E-state index contributed by atoms with van der Waals surface area (Å²) < 4.78 is 0. The molecule has 3 rings (SSSR count). The van der Waals surface area contributed by atoms with Gasteiger partial charge in [0.15, 0.2) is 0 Å². The number of benzene rings is 1. The average Bonchev–Trinajstić information content (AvgIpc) is 3.05. The van der Waals surface area contributed by atoms with E-state index in [1.807, 2.05) is 0 Å². The third-order valence-electron chi connectivity index (χ3n) is 5.71. The quantitative estimate of drug-likeness (QED) is 0.896. The van der Waals surface area contributed by atoms with E-state index < -0.39 is 0 Å². The summed E-state index contributed by atoms with van der Waals surface area (Å²) in [6, 6.07) is 10.7. The Balaban J connectivity index is 1.54. The second-order valence-electron chi connectivity index (χ2n) is 7.14. The molecule has 2 aliphatic carbocycles. The van der Waals surface area contributed by atoms with Gasteiger partial charge in [-0.3, -0.25) is 4.79 Å².